The van der Waals surface area contributed by atoms with E-state index in [2.05, 4.69) is 5.32 Å². The molecule has 2 unspecified atom stereocenters. The molecule has 1 heterocycles. The van der Waals surface area contributed by atoms with E-state index in [1.165, 1.54) is 13.8 Å². The van der Waals surface area contributed by atoms with E-state index in [-0.39, 0.29) is 23.9 Å². The Morgan fingerprint density at radius 2 is 1.77 bits per heavy atom. The fourth-order valence-corrected chi connectivity index (χ4v) is 4.18. The van der Waals surface area contributed by atoms with Gasteiger partial charge in [-0.1, -0.05) is 54.1 Å². The summed E-state index contributed by atoms with van der Waals surface area (Å²) in [5, 5.41) is 3.62. The average Bonchev–Trinajstić information content (AvgIpc) is 2.73. The van der Waals surface area contributed by atoms with Crippen molar-refractivity contribution in [3.05, 3.63) is 70.7 Å². The molecule has 7 heteroatoms. The Morgan fingerprint density at radius 3 is 2.39 bits per heavy atom. The molecule has 1 saturated heterocycles. The summed E-state index contributed by atoms with van der Waals surface area (Å²) in [7, 11) is 0. The van der Waals surface area contributed by atoms with Gasteiger partial charge in [0, 0.05) is 43.1 Å². The fraction of sp³-hybridized carbons (Fsp3) is 0.375. The Morgan fingerprint density at radius 1 is 1.10 bits per heavy atom. The van der Waals surface area contributed by atoms with Gasteiger partial charge in [-0.3, -0.25) is 14.4 Å². The van der Waals surface area contributed by atoms with Crippen LogP contribution in [0.25, 0.3) is 0 Å². The van der Waals surface area contributed by atoms with Crippen molar-refractivity contribution in [2.75, 3.05) is 6.54 Å². The maximum absolute atomic E-state index is 13.6. The van der Waals surface area contributed by atoms with Crippen LogP contribution in [-0.4, -0.2) is 41.3 Å². The number of likely N-dealkylation sites (tertiary alicyclic amines) is 1. The zero-order valence-electron chi connectivity index (χ0n) is 17.7. The third-order valence-electron chi connectivity index (χ3n) is 5.40. The third-order valence-corrected chi connectivity index (χ3v) is 5.65. The van der Waals surface area contributed by atoms with Gasteiger partial charge in [0.25, 0.3) is 5.91 Å². The molecular formula is C24H27ClN2O4. The number of carbonyl (C=O) groups is 3. The van der Waals surface area contributed by atoms with E-state index in [1.807, 2.05) is 42.5 Å². The molecule has 0 radical (unpaired) electrons. The van der Waals surface area contributed by atoms with Crippen molar-refractivity contribution in [1.29, 1.82) is 0 Å². The number of esters is 1. The third kappa shape index (κ3) is 6.31. The van der Waals surface area contributed by atoms with Crippen molar-refractivity contribution >= 4 is 29.4 Å². The minimum absolute atomic E-state index is 0.0113. The van der Waals surface area contributed by atoms with Gasteiger partial charge in [0.2, 0.25) is 12.0 Å². The number of benzene rings is 2. The lowest BCUT2D eigenvalue weighted by Gasteiger charge is -2.41. The lowest BCUT2D eigenvalue weighted by molar-refractivity contribution is -0.161. The molecule has 164 valence electrons. The number of rotatable bonds is 6. The number of halogens is 1. The first-order valence-electron chi connectivity index (χ1n) is 10.4. The molecule has 0 bridgehead atoms. The van der Waals surface area contributed by atoms with E-state index in [9.17, 15) is 14.4 Å². The summed E-state index contributed by atoms with van der Waals surface area (Å²) in [5.74, 6) is -0.844. The van der Waals surface area contributed by atoms with Gasteiger partial charge in [-0.2, -0.15) is 0 Å². The van der Waals surface area contributed by atoms with Gasteiger partial charge in [-0.05, 0) is 37.0 Å². The van der Waals surface area contributed by atoms with Crippen molar-refractivity contribution in [3.63, 3.8) is 0 Å². The number of nitrogens with zero attached hydrogens (tertiary/aromatic N) is 1. The Hall–Kier alpha value is -2.86. The second kappa shape index (κ2) is 10.4. The molecule has 0 saturated carbocycles. The van der Waals surface area contributed by atoms with Crippen LogP contribution in [0, 0.1) is 0 Å². The summed E-state index contributed by atoms with van der Waals surface area (Å²) in [6.45, 7) is 3.27. The highest BCUT2D eigenvalue weighted by atomic mass is 35.5. The van der Waals surface area contributed by atoms with Crippen LogP contribution in [-0.2, 0) is 25.5 Å². The van der Waals surface area contributed by atoms with Crippen molar-refractivity contribution in [2.45, 2.75) is 51.3 Å². The standard InChI is InChI=1S/C24H27ClN2O4/c1-16(28)26-21-12-13-27(22(15-21)14-18-8-10-20(25)11-9-18)24(30)23(31-17(2)29)19-6-4-3-5-7-19/h3-11,21-23H,12-15H2,1-2H3,(H,26,28)/t21?,22-,23?/m0/s1. The second-order valence-corrected chi connectivity index (χ2v) is 8.27. The summed E-state index contributed by atoms with van der Waals surface area (Å²) in [6.07, 6.45) is 0.879. The highest BCUT2D eigenvalue weighted by molar-refractivity contribution is 6.30. The zero-order chi connectivity index (χ0) is 22.4. The van der Waals surface area contributed by atoms with Crippen molar-refractivity contribution in [2.24, 2.45) is 0 Å². The van der Waals surface area contributed by atoms with Gasteiger partial charge in [0.1, 0.15) is 0 Å². The maximum atomic E-state index is 13.6. The van der Waals surface area contributed by atoms with Crippen LogP contribution in [0.3, 0.4) is 0 Å². The van der Waals surface area contributed by atoms with Crippen LogP contribution in [0.2, 0.25) is 5.02 Å². The van der Waals surface area contributed by atoms with E-state index in [1.54, 1.807) is 17.0 Å². The largest absolute Gasteiger partial charge is 0.447 e. The Kier molecular flexibility index (Phi) is 7.69. The molecular weight excluding hydrogens is 416 g/mol. The predicted octanol–water partition coefficient (Wildman–Crippen LogP) is 3.68. The number of nitrogens with one attached hydrogen (secondary N) is 1. The van der Waals surface area contributed by atoms with Gasteiger partial charge in [-0.25, -0.2) is 0 Å². The van der Waals surface area contributed by atoms with E-state index in [4.69, 9.17) is 16.3 Å². The molecule has 1 aliphatic rings. The van der Waals surface area contributed by atoms with Crippen molar-refractivity contribution in [3.8, 4) is 0 Å². The quantitative estimate of drug-likeness (QED) is 0.692. The average molecular weight is 443 g/mol. The molecule has 0 aromatic heterocycles. The van der Waals surface area contributed by atoms with Gasteiger partial charge in [0.15, 0.2) is 0 Å². The topological polar surface area (TPSA) is 75.7 Å². The van der Waals surface area contributed by atoms with Gasteiger partial charge < -0.3 is 15.0 Å². The molecule has 2 aromatic carbocycles. The van der Waals surface area contributed by atoms with Crippen LogP contribution in [0.1, 0.15) is 43.9 Å². The molecule has 6 nitrogen and oxygen atoms in total. The molecule has 0 aliphatic carbocycles. The zero-order valence-corrected chi connectivity index (χ0v) is 18.5. The Bertz CT molecular complexity index is 917. The summed E-state index contributed by atoms with van der Waals surface area (Å²) in [5.41, 5.74) is 1.68. The molecule has 0 spiro atoms. The van der Waals surface area contributed by atoms with Crippen LogP contribution in [0.15, 0.2) is 54.6 Å². The number of amides is 2. The lowest BCUT2D eigenvalue weighted by Crippen LogP contribution is -2.53. The first-order chi connectivity index (χ1) is 14.8. The summed E-state index contributed by atoms with van der Waals surface area (Å²) >= 11 is 6.01. The summed E-state index contributed by atoms with van der Waals surface area (Å²) < 4.78 is 5.44. The molecule has 1 N–H and O–H groups in total. The lowest BCUT2D eigenvalue weighted by atomic mass is 9.91. The minimum atomic E-state index is -0.997. The van der Waals surface area contributed by atoms with Crippen molar-refractivity contribution < 1.29 is 19.1 Å². The van der Waals surface area contributed by atoms with E-state index in [0.717, 1.165) is 5.56 Å². The molecule has 1 fully saturated rings. The summed E-state index contributed by atoms with van der Waals surface area (Å²) in [4.78, 5) is 38.7. The van der Waals surface area contributed by atoms with Crippen LogP contribution in [0.4, 0.5) is 0 Å². The molecule has 1 aliphatic heterocycles. The van der Waals surface area contributed by atoms with Gasteiger partial charge in [-0.15, -0.1) is 0 Å². The number of carbonyl (C=O) groups excluding carboxylic acids is 3. The number of piperidine rings is 1. The monoisotopic (exact) mass is 442 g/mol. The van der Waals surface area contributed by atoms with E-state index in [0.29, 0.717) is 36.4 Å². The first kappa shape index (κ1) is 22.8. The summed E-state index contributed by atoms with van der Waals surface area (Å²) in [6, 6.07) is 16.4. The number of ether oxygens (including phenoxy) is 1. The second-order valence-electron chi connectivity index (χ2n) is 7.84. The predicted molar refractivity (Wildman–Crippen MR) is 118 cm³/mol. The van der Waals surface area contributed by atoms with Gasteiger partial charge in [0.05, 0.1) is 0 Å². The molecule has 2 amide bonds. The number of hydrogen-bond acceptors (Lipinski definition) is 4. The van der Waals surface area contributed by atoms with Crippen molar-refractivity contribution in [1.82, 2.24) is 10.2 Å². The SMILES string of the molecule is CC(=O)NC1CCN(C(=O)C(OC(C)=O)c2ccccc2)[C@@H](Cc2ccc(Cl)cc2)C1. The van der Waals surface area contributed by atoms with Crippen LogP contribution >= 0.6 is 11.6 Å². The highest BCUT2D eigenvalue weighted by Crippen LogP contribution is 2.28. The van der Waals surface area contributed by atoms with Gasteiger partial charge >= 0.3 is 5.97 Å². The fourth-order valence-electron chi connectivity index (χ4n) is 4.05. The Labute approximate surface area is 187 Å². The molecule has 3 atom stereocenters. The normalized spacial score (nSPS) is 19.4. The minimum Gasteiger partial charge on any atom is -0.447 e. The molecule has 31 heavy (non-hydrogen) atoms. The Balaban J connectivity index is 1.86. The smallest absolute Gasteiger partial charge is 0.303 e. The molecule has 2 aromatic rings. The van der Waals surface area contributed by atoms with E-state index >= 15 is 0 Å². The maximum Gasteiger partial charge on any atom is 0.303 e. The van der Waals surface area contributed by atoms with Crippen LogP contribution < -0.4 is 5.32 Å². The van der Waals surface area contributed by atoms with E-state index < -0.39 is 12.1 Å². The van der Waals surface area contributed by atoms with Crippen LogP contribution in [0.5, 0.6) is 0 Å². The number of hydrogen-bond donors (Lipinski definition) is 1. The molecule has 3 rings (SSSR count). The highest BCUT2D eigenvalue weighted by Gasteiger charge is 2.37. The first-order valence-corrected chi connectivity index (χ1v) is 10.8.